The van der Waals surface area contributed by atoms with Gasteiger partial charge in [-0.3, -0.25) is 4.79 Å². The van der Waals surface area contributed by atoms with Gasteiger partial charge in [0.15, 0.2) is 0 Å². The monoisotopic (exact) mass is 289 g/mol. The van der Waals surface area contributed by atoms with Crippen molar-refractivity contribution >= 4 is 17.5 Å². The molecule has 0 unspecified atom stereocenters. The molecule has 0 atom stereocenters. The number of imidazole rings is 1. The van der Waals surface area contributed by atoms with E-state index in [1.807, 2.05) is 19.2 Å². The second kappa shape index (κ2) is 5.29. The summed E-state index contributed by atoms with van der Waals surface area (Å²) < 4.78 is 2.18. The highest BCUT2D eigenvalue weighted by molar-refractivity contribution is 6.31. The van der Waals surface area contributed by atoms with Gasteiger partial charge in [-0.25, -0.2) is 4.98 Å². The molecular weight excluding hydrogens is 274 g/mol. The van der Waals surface area contributed by atoms with Crippen molar-refractivity contribution in [1.82, 2.24) is 14.9 Å². The molecule has 2 heterocycles. The minimum Gasteiger partial charge on any atom is -0.346 e. The number of carbonyl (C=O) groups excluding carboxylic acids is 1. The van der Waals surface area contributed by atoms with Crippen LogP contribution in [0.2, 0.25) is 5.02 Å². The Kier molecular flexibility index (Phi) is 3.49. The summed E-state index contributed by atoms with van der Waals surface area (Å²) in [5.41, 5.74) is 2.61. The summed E-state index contributed by atoms with van der Waals surface area (Å²) in [6.07, 6.45) is 4.01. The smallest absolute Gasteiger partial charge is 0.251 e. The Labute approximate surface area is 122 Å². The van der Waals surface area contributed by atoms with Crippen LogP contribution >= 0.6 is 11.6 Å². The Balaban J connectivity index is 1.68. The van der Waals surface area contributed by atoms with E-state index < -0.39 is 0 Å². The number of nitrogens with zero attached hydrogens (tertiary/aromatic N) is 2. The van der Waals surface area contributed by atoms with Gasteiger partial charge in [0.1, 0.15) is 5.82 Å². The van der Waals surface area contributed by atoms with Gasteiger partial charge in [0.05, 0.1) is 18.4 Å². The molecule has 0 aliphatic carbocycles. The number of aromatic nitrogens is 2. The number of carbonyl (C=O) groups is 1. The zero-order chi connectivity index (χ0) is 14.1. The van der Waals surface area contributed by atoms with E-state index in [0.717, 1.165) is 36.5 Å². The maximum atomic E-state index is 12.1. The third-order valence-electron chi connectivity index (χ3n) is 3.67. The van der Waals surface area contributed by atoms with Gasteiger partial charge in [0, 0.05) is 23.6 Å². The average Bonchev–Trinajstić information content (AvgIpc) is 3.02. The number of hydrogen-bond acceptors (Lipinski definition) is 2. The molecule has 1 aromatic heterocycles. The quantitative estimate of drug-likeness (QED) is 0.944. The lowest BCUT2D eigenvalue weighted by Crippen LogP contribution is -2.24. The average molecular weight is 290 g/mol. The number of rotatable bonds is 3. The molecule has 1 aliphatic rings. The maximum absolute atomic E-state index is 12.1. The van der Waals surface area contributed by atoms with Crippen molar-refractivity contribution < 1.29 is 4.79 Å². The Morgan fingerprint density at radius 1 is 1.50 bits per heavy atom. The van der Waals surface area contributed by atoms with E-state index in [1.165, 1.54) is 0 Å². The summed E-state index contributed by atoms with van der Waals surface area (Å²) in [6, 6.07) is 5.35. The first-order chi connectivity index (χ1) is 9.65. The largest absolute Gasteiger partial charge is 0.346 e. The molecule has 5 heteroatoms. The Morgan fingerprint density at radius 3 is 3.15 bits per heavy atom. The summed E-state index contributed by atoms with van der Waals surface area (Å²) in [6.45, 7) is 3.41. The second-order valence-electron chi connectivity index (χ2n) is 5.07. The molecule has 0 radical (unpaired) electrons. The first-order valence-corrected chi connectivity index (χ1v) is 7.10. The lowest BCUT2D eigenvalue weighted by atomic mass is 10.1. The highest BCUT2D eigenvalue weighted by Gasteiger charge is 2.16. The van der Waals surface area contributed by atoms with Crippen molar-refractivity contribution in [3.8, 4) is 0 Å². The Hall–Kier alpha value is -1.81. The molecule has 1 aromatic carbocycles. The predicted molar refractivity (Wildman–Crippen MR) is 77.9 cm³/mol. The van der Waals surface area contributed by atoms with E-state index in [9.17, 15) is 4.79 Å². The summed E-state index contributed by atoms with van der Waals surface area (Å²) in [5, 5.41) is 3.53. The van der Waals surface area contributed by atoms with Crippen molar-refractivity contribution in [2.45, 2.75) is 32.9 Å². The first-order valence-electron chi connectivity index (χ1n) is 6.73. The highest BCUT2D eigenvalue weighted by Crippen LogP contribution is 2.18. The van der Waals surface area contributed by atoms with Crippen LogP contribution in [0.3, 0.4) is 0 Å². The zero-order valence-electron chi connectivity index (χ0n) is 11.3. The molecule has 0 saturated carbocycles. The number of nitrogens with one attached hydrogen (secondary N) is 1. The molecule has 0 fully saturated rings. The molecule has 0 spiro atoms. The van der Waals surface area contributed by atoms with Crippen LogP contribution in [-0.2, 0) is 19.5 Å². The number of hydrogen-bond donors (Lipinski definition) is 1. The SMILES string of the molecule is Cc1ccc(C(=O)NCc2cnc3n2CCC3)cc1Cl. The van der Waals surface area contributed by atoms with Crippen molar-refractivity contribution in [3.05, 3.63) is 52.1 Å². The molecule has 104 valence electrons. The lowest BCUT2D eigenvalue weighted by Gasteiger charge is -2.08. The third-order valence-corrected chi connectivity index (χ3v) is 4.07. The van der Waals surface area contributed by atoms with Gasteiger partial charge in [0.25, 0.3) is 5.91 Å². The Bertz CT molecular complexity index is 663. The fraction of sp³-hybridized carbons (Fsp3) is 0.333. The maximum Gasteiger partial charge on any atom is 0.251 e. The minimum absolute atomic E-state index is 0.111. The van der Waals surface area contributed by atoms with Crippen LogP contribution in [0.15, 0.2) is 24.4 Å². The molecule has 1 amide bonds. The van der Waals surface area contributed by atoms with Gasteiger partial charge in [0.2, 0.25) is 0 Å². The van der Waals surface area contributed by atoms with Gasteiger partial charge in [-0.15, -0.1) is 0 Å². The number of benzene rings is 1. The minimum atomic E-state index is -0.111. The van der Waals surface area contributed by atoms with Crippen LogP contribution in [0.25, 0.3) is 0 Å². The molecular formula is C15H16ClN3O. The van der Waals surface area contributed by atoms with Crippen LogP contribution in [0.4, 0.5) is 0 Å². The Morgan fingerprint density at radius 2 is 2.35 bits per heavy atom. The molecule has 0 saturated heterocycles. The normalized spacial score (nSPS) is 13.3. The number of halogens is 1. The van der Waals surface area contributed by atoms with E-state index in [4.69, 9.17) is 11.6 Å². The molecule has 2 aromatic rings. The summed E-state index contributed by atoms with van der Waals surface area (Å²) in [7, 11) is 0. The number of amides is 1. The number of aryl methyl sites for hydroxylation is 2. The second-order valence-corrected chi connectivity index (χ2v) is 5.47. The van der Waals surface area contributed by atoms with Crippen LogP contribution in [0.1, 0.15) is 33.9 Å². The van der Waals surface area contributed by atoms with Crippen molar-refractivity contribution in [1.29, 1.82) is 0 Å². The van der Waals surface area contributed by atoms with Gasteiger partial charge in [-0.1, -0.05) is 17.7 Å². The van der Waals surface area contributed by atoms with Crippen molar-refractivity contribution in [3.63, 3.8) is 0 Å². The first kappa shape index (κ1) is 13.2. The van der Waals surface area contributed by atoms with E-state index in [1.54, 1.807) is 12.1 Å². The molecule has 3 rings (SSSR count). The molecule has 1 N–H and O–H groups in total. The predicted octanol–water partition coefficient (Wildman–Crippen LogP) is 2.72. The molecule has 1 aliphatic heterocycles. The van der Waals surface area contributed by atoms with Crippen LogP contribution in [-0.4, -0.2) is 15.5 Å². The fourth-order valence-corrected chi connectivity index (χ4v) is 2.65. The van der Waals surface area contributed by atoms with Gasteiger partial charge < -0.3 is 9.88 Å². The van der Waals surface area contributed by atoms with E-state index in [0.29, 0.717) is 17.1 Å². The van der Waals surface area contributed by atoms with Crippen LogP contribution in [0.5, 0.6) is 0 Å². The van der Waals surface area contributed by atoms with Gasteiger partial charge >= 0.3 is 0 Å². The van der Waals surface area contributed by atoms with E-state index >= 15 is 0 Å². The van der Waals surface area contributed by atoms with Gasteiger partial charge in [-0.05, 0) is 31.0 Å². The number of fused-ring (bicyclic) bond motifs is 1. The van der Waals surface area contributed by atoms with Gasteiger partial charge in [-0.2, -0.15) is 0 Å². The summed E-state index contributed by atoms with van der Waals surface area (Å²) in [4.78, 5) is 16.5. The highest BCUT2D eigenvalue weighted by atomic mass is 35.5. The third kappa shape index (κ3) is 2.43. The summed E-state index contributed by atoms with van der Waals surface area (Å²) in [5.74, 6) is 1.01. The zero-order valence-corrected chi connectivity index (χ0v) is 12.1. The standard InChI is InChI=1S/C15H16ClN3O/c1-10-4-5-11(7-13(10)16)15(20)18-9-12-8-17-14-3-2-6-19(12)14/h4-5,7-8H,2-3,6,9H2,1H3,(H,18,20). The van der Waals surface area contributed by atoms with Crippen LogP contribution in [0, 0.1) is 6.92 Å². The van der Waals surface area contributed by atoms with Crippen LogP contribution < -0.4 is 5.32 Å². The van der Waals surface area contributed by atoms with E-state index in [2.05, 4.69) is 14.9 Å². The summed E-state index contributed by atoms with van der Waals surface area (Å²) >= 11 is 6.04. The van der Waals surface area contributed by atoms with E-state index in [-0.39, 0.29) is 5.91 Å². The molecule has 4 nitrogen and oxygen atoms in total. The molecule has 0 bridgehead atoms. The lowest BCUT2D eigenvalue weighted by molar-refractivity contribution is 0.0950. The topological polar surface area (TPSA) is 46.9 Å². The van der Waals surface area contributed by atoms with Crippen molar-refractivity contribution in [2.75, 3.05) is 0 Å². The van der Waals surface area contributed by atoms with Crippen molar-refractivity contribution in [2.24, 2.45) is 0 Å². The molecule has 20 heavy (non-hydrogen) atoms. The fourth-order valence-electron chi connectivity index (χ4n) is 2.47.